The molecule has 1 atom stereocenters. The second-order valence-electron chi connectivity index (χ2n) is 3.28. The Kier molecular flexibility index (Phi) is 2.70. The van der Waals surface area contributed by atoms with Crippen molar-refractivity contribution in [2.24, 2.45) is 0 Å². The summed E-state index contributed by atoms with van der Waals surface area (Å²) in [7, 11) is 1.75. The van der Waals surface area contributed by atoms with Gasteiger partial charge in [-0.3, -0.25) is 9.59 Å². The fourth-order valence-electron chi connectivity index (χ4n) is 1.32. The summed E-state index contributed by atoms with van der Waals surface area (Å²) in [6, 6.07) is 0.0881. The summed E-state index contributed by atoms with van der Waals surface area (Å²) in [5.74, 6) is -0.192. The van der Waals surface area contributed by atoms with Gasteiger partial charge in [-0.2, -0.15) is 0 Å². The van der Waals surface area contributed by atoms with Gasteiger partial charge in [0.2, 0.25) is 11.8 Å². The Labute approximate surface area is 77.8 Å². The fraction of sp³-hybridized carbons (Fsp3) is 0.556. The van der Waals surface area contributed by atoms with Crippen LogP contribution in [0.3, 0.4) is 0 Å². The minimum Gasteiger partial charge on any atom is -0.340 e. The van der Waals surface area contributed by atoms with Crippen molar-refractivity contribution in [3.05, 3.63) is 12.7 Å². The third kappa shape index (κ3) is 1.88. The molecule has 1 rings (SSSR count). The van der Waals surface area contributed by atoms with E-state index in [1.165, 1.54) is 11.0 Å². The Hall–Kier alpha value is -1.32. The molecule has 0 aliphatic carbocycles. The monoisotopic (exact) mass is 182 g/mol. The number of hydrogen-bond acceptors (Lipinski definition) is 2. The summed E-state index contributed by atoms with van der Waals surface area (Å²) in [5, 5.41) is 0. The van der Waals surface area contributed by atoms with Gasteiger partial charge in [-0.05, 0) is 13.0 Å². The number of carbonyl (C=O) groups is 2. The van der Waals surface area contributed by atoms with Crippen LogP contribution < -0.4 is 0 Å². The molecule has 0 N–H and O–H groups in total. The summed E-state index contributed by atoms with van der Waals surface area (Å²) in [6.07, 6.45) is 1.24. The minimum atomic E-state index is -0.173. The number of carbonyl (C=O) groups excluding carboxylic acids is 2. The molecule has 13 heavy (non-hydrogen) atoms. The highest BCUT2D eigenvalue weighted by Crippen LogP contribution is 2.08. The molecule has 2 amide bonds. The number of rotatable bonds is 1. The molecule has 4 heteroatoms. The van der Waals surface area contributed by atoms with Crippen molar-refractivity contribution in [3.63, 3.8) is 0 Å². The van der Waals surface area contributed by atoms with Crippen LogP contribution in [0.1, 0.15) is 6.92 Å². The second kappa shape index (κ2) is 3.60. The third-order valence-electron chi connectivity index (χ3n) is 2.35. The van der Waals surface area contributed by atoms with Crippen LogP contribution in [0, 0.1) is 0 Å². The first-order valence-electron chi connectivity index (χ1n) is 4.23. The number of nitrogens with zero attached hydrogens (tertiary/aromatic N) is 2. The predicted octanol–water partition coefficient (Wildman–Crippen LogP) is -0.139. The first-order chi connectivity index (χ1) is 6.06. The molecule has 4 nitrogen and oxygen atoms in total. The van der Waals surface area contributed by atoms with Gasteiger partial charge in [0.15, 0.2) is 0 Å². The Morgan fingerprint density at radius 1 is 1.69 bits per heavy atom. The van der Waals surface area contributed by atoms with Gasteiger partial charge in [0.05, 0.1) is 0 Å². The molecule has 0 spiro atoms. The fourth-order valence-corrected chi connectivity index (χ4v) is 1.32. The van der Waals surface area contributed by atoms with E-state index < -0.39 is 0 Å². The van der Waals surface area contributed by atoms with E-state index in [1.54, 1.807) is 11.9 Å². The molecule has 0 aromatic rings. The summed E-state index contributed by atoms with van der Waals surface area (Å²) in [5.41, 5.74) is 0. The van der Waals surface area contributed by atoms with Gasteiger partial charge in [0, 0.05) is 19.6 Å². The van der Waals surface area contributed by atoms with E-state index in [0.29, 0.717) is 6.54 Å². The van der Waals surface area contributed by atoms with E-state index in [9.17, 15) is 9.59 Å². The number of amides is 2. The Bertz CT molecular complexity index is 250. The van der Waals surface area contributed by atoms with Gasteiger partial charge in [-0.15, -0.1) is 0 Å². The zero-order valence-corrected chi connectivity index (χ0v) is 7.99. The predicted molar refractivity (Wildman–Crippen MR) is 49.0 cm³/mol. The highest BCUT2D eigenvalue weighted by atomic mass is 16.2. The largest absolute Gasteiger partial charge is 0.340 e. The Balaban J connectivity index is 2.68. The number of piperazine rings is 1. The van der Waals surface area contributed by atoms with E-state index in [4.69, 9.17) is 0 Å². The smallest absolute Gasteiger partial charge is 0.246 e. The van der Waals surface area contributed by atoms with Crippen molar-refractivity contribution in [1.82, 2.24) is 9.80 Å². The van der Waals surface area contributed by atoms with Gasteiger partial charge in [-0.25, -0.2) is 0 Å². The summed E-state index contributed by atoms with van der Waals surface area (Å²) < 4.78 is 0. The lowest BCUT2D eigenvalue weighted by molar-refractivity contribution is -0.144. The molecule has 1 fully saturated rings. The molecule has 0 aromatic carbocycles. The maximum absolute atomic E-state index is 11.3. The van der Waals surface area contributed by atoms with Crippen LogP contribution in [-0.4, -0.2) is 47.8 Å². The Morgan fingerprint density at radius 3 is 2.77 bits per heavy atom. The lowest BCUT2D eigenvalue weighted by atomic mass is 10.2. The SMILES string of the molecule is C=CC(=O)N1CC(=O)N(C)C(C)C1. The molecule has 0 radical (unpaired) electrons. The molecule has 1 aliphatic rings. The zero-order chi connectivity index (χ0) is 10.0. The first kappa shape index (κ1) is 9.77. The standard InChI is InChI=1S/C9H14N2O2/c1-4-8(12)11-5-7(2)10(3)9(13)6-11/h4,7H,1,5-6H2,2-3H3. The van der Waals surface area contributed by atoms with Crippen molar-refractivity contribution in [3.8, 4) is 0 Å². The second-order valence-corrected chi connectivity index (χ2v) is 3.28. The molecule has 1 saturated heterocycles. The number of likely N-dealkylation sites (N-methyl/N-ethyl adjacent to an activating group) is 1. The molecule has 1 unspecified atom stereocenters. The van der Waals surface area contributed by atoms with Gasteiger partial charge in [0.25, 0.3) is 0 Å². The van der Waals surface area contributed by atoms with E-state index >= 15 is 0 Å². The summed E-state index contributed by atoms with van der Waals surface area (Å²) >= 11 is 0. The van der Waals surface area contributed by atoms with Crippen molar-refractivity contribution in [2.75, 3.05) is 20.1 Å². The maximum atomic E-state index is 11.3. The molecule has 1 aliphatic heterocycles. The molecular weight excluding hydrogens is 168 g/mol. The van der Waals surface area contributed by atoms with Crippen LogP contribution in [-0.2, 0) is 9.59 Å². The quantitative estimate of drug-likeness (QED) is 0.530. The minimum absolute atomic E-state index is 0.0195. The highest BCUT2D eigenvalue weighted by molar-refractivity contribution is 5.91. The third-order valence-corrected chi connectivity index (χ3v) is 2.35. The number of hydrogen-bond donors (Lipinski definition) is 0. The highest BCUT2D eigenvalue weighted by Gasteiger charge is 2.28. The van der Waals surface area contributed by atoms with Crippen LogP contribution >= 0.6 is 0 Å². The van der Waals surface area contributed by atoms with Gasteiger partial charge in [0.1, 0.15) is 6.54 Å². The van der Waals surface area contributed by atoms with Crippen molar-refractivity contribution >= 4 is 11.8 Å². The molecule has 1 heterocycles. The average Bonchev–Trinajstić information content (AvgIpc) is 2.12. The van der Waals surface area contributed by atoms with Crippen LogP contribution in [0.15, 0.2) is 12.7 Å². The maximum Gasteiger partial charge on any atom is 0.246 e. The molecular formula is C9H14N2O2. The van der Waals surface area contributed by atoms with Crippen LogP contribution in [0.25, 0.3) is 0 Å². The zero-order valence-electron chi connectivity index (χ0n) is 7.99. The van der Waals surface area contributed by atoms with Gasteiger partial charge < -0.3 is 9.80 Å². The molecule has 0 aromatic heterocycles. The van der Waals surface area contributed by atoms with Crippen molar-refractivity contribution in [1.29, 1.82) is 0 Å². The van der Waals surface area contributed by atoms with E-state index in [1.807, 2.05) is 6.92 Å². The first-order valence-corrected chi connectivity index (χ1v) is 4.23. The van der Waals surface area contributed by atoms with Crippen LogP contribution in [0.4, 0.5) is 0 Å². The van der Waals surface area contributed by atoms with Crippen LogP contribution in [0.2, 0.25) is 0 Å². The lowest BCUT2D eigenvalue weighted by Crippen LogP contribution is -2.54. The van der Waals surface area contributed by atoms with Crippen LogP contribution in [0.5, 0.6) is 0 Å². The van der Waals surface area contributed by atoms with E-state index in [-0.39, 0.29) is 24.4 Å². The molecule has 72 valence electrons. The summed E-state index contributed by atoms with van der Waals surface area (Å²) in [6.45, 7) is 6.07. The average molecular weight is 182 g/mol. The normalized spacial score (nSPS) is 23.2. The topological polar surface area (TPSA) is 40.6 Å². The van der Waals surface area contributed by atoms with Crippen molar-refractivity contribution < 1.29 is 9.59 Å². The van der Waals surface area contributed by atoms with Gasteiger partial charge in [-0.1, -0.05) is 6.58 Å². The van der Waals surface area contributed by atoms with Crippen molar-refractivity contribution in [2.45, 2.75) is 13.0 Å². The summed E-state index contributed by atoms with van der Waals surface area (Å²) in [4.78, 5) is 25.7. The van der Waals surface area contributed by atoms with E-state index in [0.717, 1.165) is 0 Å². The Morgan fingerprint density at radius 2 is 2.31 bits per heavy atom. The molecule has 0 saturated carbocycles. The van der Waals surface area contributed by atoms with E-state index in [2.05, 4.69) is 6.58 Å². The van der Waals surface area contributed by atoms with Gasteiger partial charge >= 0.3 is 0 Å². The lowest BCUT2D eigenvalue weighted by Gasteiger charge is -2.36. The molecule has 0 bridgehead atoms.